The van der Waals surface area contributed by atoms with Gasteiger partial charge in [0.1, 0.15) is 5.75 Å². The number of rotatable bonds is 7. The molecule has 0 aliphatic carbocycles. The van der Waals surface area contributed by atoms with Crippen LogP contribution in [0.4, 0.5) is 5.69 Å². The lowest BCUT2D eigenvalue weighted by molar-refractivity contribution is -0.130. The molecule has 0 aromatic heterocycles. The molecule has 0 radical (unpaired) electrons. The molecular weight excluding hydrogens is 370 g/mol. The van der Waals surface area contributed by atoms with Crippen molar-refractivity contribution >= 4 is 23.4 Å². The zero-order valence-corrected chi connectivity index (χ0v) is 17.2. The van der Waals surface area contributed by atoms with Gasteiger partial charge in [0.05, 0.1) is 0 Å². The minimum Gasteiger partial charge on any atom is -0.484 e. The molecule has 29 heavy (non-hydrogen) atoms. The Morgan fingerprint density at radius 1 is 0.759 bits per heavy atom. The lowest BCUT2D eigenvalue weighted by Crippen LogP contribution is -2.44. The predicted molar refractivity (Wildman–Crippen MR) is 111 cm³/mol. The summed E-state index contributed by atoms with van der Waals surface area (Å²) in [6.45, 7) is 7.61. The molecule has 3 N–H and O–H groups in total. The molecule has 154 valence electrons. The van der Waals surface area contributed by atoms with E-state index >= 15 is 0 Å². The molecule has 2 aromatic rings. The Hall–Kier alpha value is -3.35. The van der Waals surface area contributed by atoms with E-state index in [1.54, 1.807) is 0 Å². The van der Waals surface area contributed by atoms with Gasteiger partial charge in [-0.3, -0.25) is 25.2 Å². The molecule has 2 aromatic carbocycles. The number of nitrogens with one attached hydrogen (secondary N) is 3. The van der Waals surface area contributed by atoms with Crippen LogP contribution in [0.25, 0.3) is 0 Å². The van der Waals surface area contributed by atoms with Gasteiger partial charge in [0, 0.05) is 18.5 Å². The molecule has 0 spiro atoms. The number of ether oxygens (including phenoxy) is 1. The third-order valence-electron chi connectivity index (χ3n) is 4.28. The second-order valence-electron chi connectivity index (χ2n) is 7.06. The highest BCUT2D eigenvalue weighted by atomic mass is 16.5. The fourth-order valence-electron chi connectivity index (χ4n) is 2.67. The molecule has 7 nitrogen and oxygen atoms in total. The Bertz CT molecular complexity index is 889. The summed E-state index contributed by atoms with van der Waals surface area (Å²) in [7, 11) is 0. The second-order valence-corrected chi connectivity index (χ2v) is 7.06. The number of hydrogen-bond acceptors (Lipinski definition) is 4. The highest BCUT2D eigenvalue weighted by Gasteiger charge is 2.10. The number of benzene rings is 2. The van der Waals surface area contributed by atoms with Crippen molar-refractivity contribution in [2.24, 2.45) is 0 Å². The number of hydrogen-bond donors (Lipinski definition) is 3. The summed E-state index contributed by atoms with van der Waals surface area (Å²) in [5.41, 5.74) is 9.53. The molecule has 2 rings (SSSR count). The first kappa shape index (κ1) is 21.9. The van der Waals surface area contributed by atoms with Crippen LogP contribution in [0.3, 0.4) is 0 Å². The van der Waals surface area contributed by atoms with Gasteiger partial charge in [-0.1, -0.05) is 12.1 Å². The first-order chi connectivity index (χ1) is 13.7. The Balaban J connectivity index is 1.67. The van der Waals surface area contributed by atoms with E-state index in [-0.39, 0.29) is 25.4 Å². The maximum atomic E-state index is 12.0. The monoisotopic (exact) mass is 397 g/mol. The molecule has 0 fully saturated rings. The highest BCUT2D eigenvalue weighted by Crippen LogP contribution is 2.16. The fraction of sp³-hybridized carbons (Fsp3) is 0.318. The lowest BCUT2D eigenvalue weighted by atomic mass is 10.1. The zero-order valence-electron chi connectivity index (χ0n) is 17.2. The van der Waals surface area contributed by atoms with Crippen LogP contribution in [-0.4, -0.2) is 24.3 Å². The van der Waals surface area contributed by atoms with Crippen molar-refractivity contribution in [1.82, 2.24) is 10.9 Å². The van der Waals surface area contributed by atoms with Crippen LogP contribution in [-0.2, 0) is 14.4 Å². The van der Waals surface area contributed by atoms with Crippen LogP contribution in [0.2, 0.25) is 0 Å². The lowest BCUT2D eigenvalue weighted by Gasteiger charge is -2.10. The number of hydrazine groups is 1. The number of amides is 3. The van der Waals surface area contributed by atoms with Crippen LogP contribution in [0.5, 0.6) is 5.75 Å². The van der Waals surface area contributed by atoms with Crippen molar-refractivity contribution in [1.29, 1.82) is 0 Å². The standard InChI is InChI=1S/C22H27N3O4/c1-14-9-15(2)11-19(10-14)29-13-22(28)25-24-21(27)8-7-20(26)23-18-6-5-16(3)17(4)12-18/h5-6,9-12H,7-8,13H2,1-4H3,(H,23,26)(H,24,27)(H,25,28). The first-order valence-corrected chi connectivity index (χ1v) is 9.39. The molecule has 3 amide bonds. The molecule has 0 bridgehead atoms. The van der Waals surface area contributed by atoms with Gasteiger partial charge < -0.3 is 10.1 Å². The van der Waals surface area contributed by atoms with Crippen LogP contribution >= 0.6 is 0 Å². The second kappa shape index (κ2) is 10.3. The Kier molecular flexibility index (Phi) is 7.77. The SMILES string of the molecule is Cc1cc(C)cc(OCC(=O)NNC(=O)CCC(=O)Nc2ccc(C)c(C)c2)c1. The van der Waals surface area contributed by atoms with Gasteiger partial charge in [-0.25, -0.2) is 0 Å². The Labute approximate surface area is 170 Å². The van der Waals surface area contributed by atoms with Gasteiger partial charge in [-0.05, 0) is 74.2 Å². The van der Waals surface area contributed by atoms with Crippen molar-refractivity contribution in [3.05, 3.63) is 58.7 Å². The first-order valence-electron chi connectivity index (χ1n) is 9.39. The van der Waals surface area contributed by atoms with Gasteiger partial charge in [-0.15, -0.1) is 0 Å². The summed E-state index contributed by atoms with van der Waals surface area (Å²) in [5.74, 6) is -0.628. The summed E-state index contributed by atoms with van der Waals surface area (Å²) >= 11 is 0. The van der Waals surface area contributed by atoms with Gasteiger partial charge in [0.25, 0.3) is 5.91 Å². The smallest absolute Gasteiger partial charge is 0.276 e. The third kappa shape index (κ3) is 7.65. The van der Waals surface area contributed by atoms with E-state index in [1.165, 1.54) is 0 Å². The number of carbonyl (C=O) groups excluding carboxylic acids is 3. The normalized spacial score (nSPS) is 10.2. The Morgan fingerprint density at radius 3 is 2.03 bits per heavy atom. The van der Waals surface area contributed by atoms with Crippen LogP contribution in [0.1, 0.15) is 35.1 Å². The Morgan fingerprint density at radius 2 is 1.38 bits per heavy atom. The van der Waals surface area contributed by atoms with Crippen molar-refractivity contribution in [2.75, 3.05) is 11.9 Å². The largest absolute Gasteiger partial charge is 0.484 e. The van der Waals surface area contributed by atoms with Gasteiger partial charge in [0.2, 0.25) is 11.8 Å². The van der Waals surface area contributed by atoms with E-state index in [9.17, 15) is 14.4 Å². The number of anilines is 1. The van der Waals surface area contributed by atoms with Gasteiger partial charge in [-0.2, -0.15) is 0 Å². The molecular formula is C22H27N3O4. The van der Waals surface area contributed by atoms with E-state index in [2.05, 4.69) is 16.2 Å². The average Bonchev–Trinajstić information content (AvgIpc) is 2.65. The molecule has 0 aliphatic rings. The summed E-state index contributed by atoms with van der Waals surface area (Å²) in [4.78, 5) is 35.6. The van der Waals surface area contributed by atoms with E-state index in [4.69, 9.17) is 4.74 Å². The van der Waals surface area contributed by atoms with Crippen LogP contribution < -0.4 is 20.9 Å². The topological polar surface area (TPSA) is 96.5 Å². The van der Waals surface area contributed by atoms with Crippen molar-refractivity contribution in [3.63, 3.8) is 0 Å². The average molecular weight is 397 g/mol. The van der Waals surface area contributed by atoms with E-state index in [0.29, 0.717) is 11.4 Å². The van der Waals surface area contributed by atoms with Crippen molar-refractivity contribution in [3.8, 4) is 5.75 Å². The van der Waals surface area contributed by atoms with Crippen molar-refractivity contribution < 1.29 is 19.1 Å². The van der Waals surface area contributed by atoms with Gasteiger partial charge >= 0.3 is 0 Å². The summed E-state index contributed by atoms with van der Waals surface area (Å²) in [5, 5.41) is 2.75. The third-order valence-corrected chi connectivity index (χ3v) is 4.28. The highest BCUT2D eigenvalue weighted by molar-refractivity contribution is 5.93. The fourth-order valence-corrected chi connectivity index (χ4v) is 2.67. The molecule has 0 heterocycles. The van der Waals surface area contributed by atoms with E-state index in [0.717, 1.165) is 22.3 Å². The van der Waals surface area contributed by atoms with Crippen LogP contribution in [0, 0.1) is 27.7 Å². The van der Waals surface area contributed by atoms with Crippen LogP contribution in [0.15, 0.2) is 36.4 Å². The molecule has 0 saturated carbocycles. The molecule has 0 atom stereocenters. The summed E-state index contributed by atoms with van der Waals surface area (Å²) < 4.78 is 5.42. The quantitative estimate of drug-likeness (QED) is 0.626. The zero-order chi connectivity index (χ0) is 21.4. The van der Waals surface area contributed by atoms with E-state index in [1.807, 2.05) is 64.1 Å². The minimum absolute atomic E-state index is 0.00764. The van der Waals surface area contributed by atoms with E-state index < -0.39 is 11.8 Å². The minimum atomic E-state index is -0.489. The number of aryl methyl sites for hydroxylation is 4. The van der Waals surface area contributed by atoms with Gasteiger partial charge in [0.15, 0.2) is 6.61 Å². The molecule has 0 saturated heterocycles. The molecule has 0 unspecified atom stereocenters. The molecule has 0 aliphatic heterocycles. The predicted octanol–water partition coefficient (Wildman–Crippen LogP) is 2.87. The number of carbonyl (C=O) groups is 3. The summed E-state index contributed by atoms with van der Waals surface area (Å²) in [6.07, 6.45) is -0.0391. The molecule has 7 heteroatoms. The van der Waals surface area contributed by atoms with Crippen molar-refractivity contribution in [2.45, 2.75) is 40.5 Å². The maximum absolute atomic E-state index is 12.0. The summed E-state index contributed by atoms with van der Waals surface area (Å²) in [6, 6.07) is 11.3. The maximum Gasteiger partial charge on any atom is 0.276 e.